The summed E-state index contributed by atoms with van der Waals surface area (Å²) >= 11 is 1.47. The zero-order valence-corrected chi connectivity index (χ0v) is 15.7. The number of anilines is 1. The Balaban J connectivity index is 1.42. The van der Waals surface area contributed by atoms with Gasteiger partial charge in [0.2, 0.25) is 0 Å². The molecule has 1 amide bonds. The molecule has 0 N–H and O–H groups in total. The standard InChI is InChI=1S/C19H21N5OS/c1-14-15(13-20-22(14)2)12-17-18(25)21-19(26-17)24-10-8-23(9-11-24)16-6-4-3-5-7-16/h3-7,12-13H,8-11H2,1-2H3/b17-12-. The Kier molecular flexibility index (Phi) is 4.55. The van der Waals surface area contributed by atoms with Gasteiger partial charge in [0, 0.05) is 50.2 Å². The number of aromatic nitrogens is 2. The molecular weight excluding hydrogens is 346 g/mol. The number of thioether (sulfide) groups is 1. The van der Waals surface area contributed by atoms with Crippen molar-refractivity contribution in [2.45, 2.75) is 6.92 Å². The summed E-state index contributed by atoms with van der Waals surface area (Å²) in [6, 6.07) is 10.4. The minimum Gasteiger partial charge on any atom is -0.368 e. The van der Waals surface area contributed by atoms with Crippen molar-refractivity contribution >= 4 is 34.6 Å². The van der Waals surface area contributed by atoms with E-state index in [9.17, 15) is 4.79 Å². The van der Waals surface area contributed by atoms with E-state index < -0.39 is 0 Å². The Hall–Kier alpha value is -2.54. The highest BCUT2D eigenvalue weighted by molar-refractivity contribution is 8.18. The second kappa shape index (κ2) is 6.99. The number of benzene rings is 1. The van der Waals surface area contributed by atoms with Crippen molar-refractivity contribution in [2.24, 2.45) is 12.0 Å². The summed E-state index contributed by atoms with van der Waals surface area (Å²) in [5, 5.41) is 5.04. The second-order valence-corrected chi connectivity index (χ2v) is 7.44. The number of para-hydroxylation sites is 1. The molecule has 0 unspecified atom stereocenters. The Labute approximate surface area is 157 Å². The fourth-order valence-electron chi connectivity index (χ4n) is 3.13. The Morgan fingerprint density at radius 1 is 1.08 bits per heavy atom. The summed E-state index contributed by atoms with van der Waals surface area (Å²) in [6.07, 6.45) is 3.68. The molecule has 0 spiro atoms. The molecule has 1 aromatic carbocycles. The third-order valence-corrected chi connectivity index (χ3v) is 5.89. The molecule has 0 bridgehead atoms. The van der Waals surface area contributed by atoms with Crippen LogP contribution in [0.4, 0.5) is 5.69 Å². The lowest BCUT2D eigenvalue weighted by Crippen LogP contribution is -2.47. The molecule has 1 saturated heterocycles. The summed E-state index contributed by atoms with van der Waals surface area (Å²) in [5.41, 5.74) is 3.25. The number of carbonyl (C=O) groups excluding carboxylic acids is 1. The fourth-order valence-corrected chi connectivity index (χ4v) is 4.08. The predicted molar refractivity (Wildman–Crippen MR) is 106 cm³/mol. The van der Waals surface area contributed by atoms with Crippen LogP contribution < -0.4 is 4.90 Å². The highest BCUT2D eigenvalue weighted by Crippen LogP contribution is 2.31. The third-order valence-electron chi connectivity index (χ3n) is 4.84. The summed E-state index contributed by atoms with van der Waals surface area (Å²) in [7, 11) is 1.90. The number of aliphatic imine (C=N–C) groups is 1. The van der Waals surface area contributed by atoms with Crippen molar-refractivity contribution in [3.63, 3.8) is 0 Å². The van der Waals surface area contributed by atoms with Gasteiger partial charge in [0.15, 0.2) is 5.17 Å². The van der Waals surface area contributed by atoms with Crippen molar-refractivity contribution in [3.05, 3.63) is 52.7 Å². The fraction of sp³-hybridized carbons (Fsp3) is 0.316. The molecule has 3 heterocycles. The maximum absolute atomic E-state index is 12.3. The number of rotatable bonds is 2. The van der Waals surface area contributed by atoms with Gasteiger partial charge in [-0.3, -0.25) is 9.48 Å². The molecule has 2 aliphatic rings. The SMILES string of the molecule is Cc1c(/C=C2\SC(N3CCN(c4ccccc4)CC3)=NC2=O)cnn1C. The van der Waals surface area contributed by atoms with Gasteiger partial charge in [0.25, 0.3) is 5.91 Å². The summed E-state index contributed by atoms with van der Waals surface area (Å²) < 4.78 is 1.81. The van der Waals surface area contributed by atoms with E-state index in [0.717, 1.165) is 42.6 Å². The highest BCUT2D eigenvalue weighted by atomic mass is 32.2. The van der Waals surface area contributed by atoms with Gasteiger partial charge >= 0.3 is 0 Å². The molecule has 6 nitrogen and oxygen atoms in total. The summed E-state index contributed by atoms with van der Waals surface area (Å²) in [4.78, 5) is 21.8. The van der Waals surface area contributed by atoms with Crippen molar-refractivity contribution in [1.82, 2.24) is 14.7 Å². The first-order chi connectivity index (χ1) is 12.6. The van der Waals surface area contributed by atoms with Gasteiger partial charge in [-0.25, -0.2) is 0 Å². The van der Waals surface area contributed by atoms with Gasteiger partial charge in [0.1, 0.15) is 0 Å². The molecule has 0 radical (unpaired) electrons. The molecule has 0 aliphatic carbocycles. The molecule has 0 atom stereocenters. The zero-order valence-electron chi connectivity index (χ0n) is 14.9. The van der Waals surface area contributed by atoms with Crippen LogP contribution in [0.2, 0.25) is 0 Å². The van der Waals surface area contributed by atoms with Crippen molar-refractivity contribution in [1.29, 1.82) is 0 Å². The molecule has 26 heavy (non-hydrogen) atoms. The first-order valence-electron chi connectivity index (χ1n) is 8.68. The first-order valence-corrected chi connectivity index (χ1v) is 9.49. The van der Waals surface area contributed by atoms with Crippen LogP contribution in [0.3, 0.4) is 0 Å². The smallest absolute Gasteiger partial charge is 0.286 e. The largest absolute Gasteiger partial charge is 0.368 e. The molecule has 1 fully saturated rings. The monoisotopic (exact) mass is 367 g/mol. The van der Waals surface area contributed by atoms with Gasteiger partial charge in [-0.1, -0.05) is 18.2 Å². The van der Waals surface area contributed by atoms with Crippen molar-refractivity contribution < 1.29 is 4.79 Å². The van der Waals surface area contributed by atoms with Gasteiger partial charge in [-0.2, -0.15) is 10.1 Å². The minimum absolute atomic E-state index is 0.154. The van der Waals surface area contributed by atoms with Crippen LogP contribution in [0.15, 0.2) is 46.4 Å². The lowest BCUT2D eigenvalue weighted by atomic mass is 10.2. The molecule has 7 heteroatoms. The zero-order chi connectivity index (χ0) is 18.1. The highest BCUT2D eigenvalue weighted by Gasteiger charge is 2.28. The number of piperazine rings is 1. The van der Waals surface area contributed by atoms with Gasteiger partial charge in [0.05, 0.1) is 11.1 Å². The summed E-state index contributed by atoms with van der Waals surface area (Å²) in [6.45, 7) is 5.59. The quantitative estimate of drug-likeness (QED) is 0.764. The predicted octanol–water partition coefficient (Wildman–Crippen LogP) is 2.52. The van der Waals surface area contributed by atoms with E-state index in [2.05, 4.69) is 44.2 Å². The van der Waals surface area contributed by atoms with Crippen LogP contribution in [0.1, 0.15) is 11.3 Å². The van der Waals surface area contributed by atoms with Crippen LogP contribution in [0, 0.1) is 6.92 Å². The van der Waals surface area contributed by atoms with Gasteiger partial charge in [-0.05, 0) is 36.9 Å². The van der Waals surface area contributed by atoms with Crippen molar-refractivity contribution in [3.8, 4) is 0 Å². The van der Waals surface area contributed by atoms with E-state index in [1.807, 2.05) is 26.1 Å². The molecule has 2 aromatic rings. The van der Waals surface area contributed by atoms with E-state index in [1.165, 1.54) is 17.4 Å². The molecule has 1 aromatic heterocycles. The molecule has 134 valence electrons. The molecular formula is C19H21N5OS. The third kappa shape index (κ3) is 3.26. The van der Waals surface area contributed by atoms with Gasteiger partial charge in [-0.15, -0.1) is 0 Å². The van der Waals surface area contributed by atoms with E-state index in [0.29, 0.717) is 4.91 Å². The van der Waals surface area contributed by atoms with Gasteiger partial charge < -0.3 is 9.80 Å². The number of amidine groups is 1. The van der Waals surface area contributed by atoms with Crippen molar-refractivity contribution in [2.75, 3.05) is 31.1 Å². The van der Waals surface area contributed by atoms with Crippen LogP contribution in [-0.2, 0) is 11.8 Å². The Morgan fingerprint density at radius 2 is 1.77 bits per heavy atom. The minimum atomic E-state index is -0.154. The van der Waals surface area contributed by atoms with E-state index in [1.54, 1.807) is 10.9 Å². The topological polar surface area (TPSA) is 53.7 Å². The Morgan fingerprint density at radius 3 is 2.42 bits per heavy atom. The maximum Gasteiger partial charge on any atom is 0.286 e. The van der Waals surface area contributed by atoms with E-state index >= 15 is 0 Å². The lowest BCUT2D eigenvalue weighted by Gasteiger charge is -2.36. The number of carbonyl (C=O) groups is 1. The van der Waals surface area contributed by atoms with Crippen LogP contribution >= 0.6 is 11.8 Å². The number of hydrogen-bond acceptors (Lipinski definition) is 5. The van der Waals surface area contributed by atoms with E-state index in [-0.39, 0.29) is 5.91 Å². The van der Waals surface area contributed by atoms with Crippen LogP contribution in [0.25, 0.3) is 6.08 Å². The number of aryl methyl sites for hydroxylation is 1. The first kappa shape index (κ1) is 16.9. The number of amides is 1. The van der Waals surface area contributed by atoms with Crippen LogP contribution in [0.5, 0.6) is 0 Å². The van der Waals surface area contributed by atoms with E-state index in [4.69, 9.17) is 0 Å². The summed E-state index contributed by atoms with van der Waals surface area (Å²) in [5.74, 6) is -0.154. The normalized spacial score (nSPS) is 19.4. The number of nitrogens with zero attached hydrogens (tertiary/aromatic N) is 5. The molecule has 0 saturated carbocycles. The average Bonchev–Trinajstić information content (AvgIpc) is 3.20. The second-order valence-electron chi connectivity index (χ2n) is 6.43. The number of hydrogen-bond donors (Lipinski definition) is 0. The lowest BCUT2D eigenvalue weighted by molar-refractivity contribution is -0.113. The van der Waals surface area contributed by atoms with Crippen LogP contribution in [-0.4, -0.2) is 51.9 Å². The molecule has 2 aliphatic heterocycles. The maximum atomic E-state index is 12.3. The molecule has 4 rings (SSSR count). The average molecular weight is 367 g/mol. The Bertz CT molecular complexity index is 879.